The minimum Gasteiger partial charge on any atom is -0.493 e. The fourth-order valence-electron chi connectivity index (χ4n) is 1.59. The van der Waals surface area contributed by atoms with Gasteiger partial charge in [0, 0.05) is 11.6 Å². The molecular weight excluding hydrogens is 258 g/mol. The van der Waals surface area contributed by atoms with Crippen LogP contribution in [-0.2, 0) is 9.53 Å². The van der Waals surface area contributed by atoms with Crippen LogP contribution in [0.1, 0.15) is 18.9 Å². The van der Waals surface area contributed by atoms with Crippen molar-refractivity contribution < 1.29 is 19.0 Å². The number of rotatable bonds is 6. The number of carbonyl (C=O) groups is 1. The molecule has 20 heavy (non-hydrogen) atoms. The summed E-state index contributed by atoms with van der Waals surface area (Å²) in [5, 5.41) is 8.81. The van der Waals surface area contributed by atoms with Gasteiger partial charge in [0.05, 0.1) is 25.9 Å². The minimum absolute atomic E-state index is 0.223. The third-order valence-corrected chi connectivity index (χ3v) is 2.69. The van der Waals surface area contributed by atoms with Gasteiger partial charge in [0.25, 0.3) is 0 Å². The Labute approximate surface area is 118 Å². The average Bonchev–Trinajstić information content (AvgIpc) is 2.50. The van der Waals surface area contributed by atoms with E-state index in [9.17, 15) is 4.79 Å². The predicted octanol–water partition coefficient (Wildman–Crippen LogP) is 2.46. The molecule has 0 heterocycles. The van der Waals surface area contributed by atoms with Gasteiger partial charge < -0.3 is 14.2 Å². The van der Waals surface area contributed by atoms with Crippen molar-refractivity contribution in [1.29, 1.82) is 5.26 Å². The number of carbonyl (C=O) groups excluding carboxylic acids is 1. The number of nitrogens with zero attached hydrogens (tertiary/aromatic N) is 1. The monoisotopic (exact) mass is 275 g/mol. The summed E-state index contributed by atoms with van der Waals surface area (Å²) >= 11 is 0. The molecule has 0 atom stereocenters. The molecule has 0 radical (unpaired) electrons. The van der Waals surface area contributed by atoms with E-state index < -0.39 is 0 Å². The molecule has 5 heteroatoms. The van der Waals surface area contributed by atoms with Crippen molar-refractivity contribution in [2.24, 2.45) is 0 Å². The van der Waals surface area contributed by atoms with E-state index in [1.54, 1.807) is 24.3 Å². The van der Waals surface area contributed by atoms with E-state index in [0.29, 0.717) is 29.1 Å². The zero-order valence-electron chi connectivity index (χ0n) is 11.8. The van der Waals surface area contributed by atoms with Gasteiger partial charge >= 0.3 is 5.97 Å². The molecule has 5 nitrogen and oxygen atoms in total. The van der Waals surface area contributed by atoms with Crippen molar-refractivity contribution >= 4 is 5.97 Å². The highest BCUT2D eigenvalue weighted by molar-refractivity contribution is 5.88. The Kier molecular flexibility index (Phi) is 6.11. The molecule has 0 saturated carbocycles. The van der Waals surface area contributed by atoms with E-state index in [-0.39, 0.29) is 12.6 Å². The van der Waals surface area contributed by atoms with Crippen LogP contribution >= 0.6 is 0 Å². The second-order valence-corrected chi connectivity index (χ2v) is 3.86. The first-order chi connectivity index (χ1) is 9.65. The van der Waals surface area contributed by atoms with Crippen LogP contribution in [0.25, 0.3) is 0 Å². The van der Waals surface area contributed by atoms with Gasteiger partial charge in [-0.15, -0.1) is 0 Å². The Bertz CT molecular complexity index is 543. The Hall–Kier alpha value is -2.48. The largest absolute Gasteiger partial charge is 0.493 e. The first-order valence-electron chi connectivity index (χ1n) is 6.14. The summed E-state index contributed by atoms with van der Waals surface area (Å²) < 4.78 is 15.3. The molecule has 0 aliphatic rings. The van der Waals surface area contributed by atoms with E-state index >= 15 is 0 Å². The minimum atomic E-state index is -0.358. The fourth-order valence-corrected chi connectivity index (χ4v) is 1.59. The molecule has 0 aliphatic carbocycles. The highest BCUT2D eigenvalue weighted by atomic mass is 16.5. The lowest BCUT2D eigenvalue weighted by atomic mass is 10.2. The molecular formula is C15H17NO4. The summed E-state index contributed by atoms with van der Waals surface area (Å²) in [6, 6.07) is 6.93. The van der Waals surface area contributed by atoms with Gasteiger partial charge in [-0.25, -0.2) is 4.79 Å². The van der Waals surface area contributed by atoms with Gasteiger partial charge in [0.2, 0.25) is 0 Å². The molecule has 0 bridgehead atoms. The van der Waals surface area contributed by atoms with Crippen LogP contribution in [0.2, 0.25) is 0 Å². The van der Waals surface area contributed by atoms with E-state index in [0.717, 1.165) is 0 Å². The molecule has 0 fully saturated rings. The highest BCUT2D eigenvalue weighted by Gasteiger charge is 2.08. The summed E-state index contributed by atoms with van der Waals surface area (Å²) in [6.45, 7) is 2.09. The second-order valence-electron chi connectivity index (χ2n) is 3.86. The highest BCUT2D eigenvalue weighted by Crippen LogP contribution is 2.27. The Morgan fingerprint density at radius 2 is 2.10 bits per heavy atom. The van der Waals surface area contributed by atoms with E-state index in [1.165, 1.54) is 14.2 Å². The third-order valence-electron chi connectivity index (χ3n) is 2.69. The maximum atomic E-state index is 11.4. The lowest BCUT2D eigenvalue weighted by Gasteiger charge is -2.09. The van der Waals surface area contributed by atoms with Crippen LogP contribution in [-0.4, -0.2) is 26.8 Å². The third kappa shape index (κ3) is 4.02. The molecule has 1 aromatic carbocycles. The Morgan fingerprint density at radius 1 is 1.35 bits per heavy atom. The lowest BCUT2D eigenvalue weighted by molar-refractivity contribution is -0.136. The summed E-state index contributed by atoms with van der Waals surface area (Å²) in [5.41, 5.74) is 1.05. The SMILES string of the molecule is CCC(=CCOc1ccc(C#N)cc1OC)C(=O)OC. The first kappa shape index (κ1) is 15.6. The van der Waals surface area contributed by atoms with E-state index in [1.807, 2.05) is 13.0 Å². The molecule has 0 unspecified atom stereocenters. The molecule has 1 aromatic rings. The first-order valence-corrected chi connectivity index (χ1v) is 6.14. The number of nitriles is 1. The van der Waals surface area contributed by atoms with Crippen LogP contribution in [0, 0.1) is 11.3 Å². The van der Waals surface area contributed by atoms with Gasteiger partial charge in [0.1, 0.15) is 6.61 Å². The Morgan fingerprint density at radius 3 is 2.65 bits per heavy atom. The van der Waals surface area contributed by atoms with Crippen LogP contribution in [0.15, 0.2) is 29.8 Å². The normalized spacial score (nSPS) is 10.6. The molecule has 0 aliphatic heterocycles. The average molecular weight is 275 g/mol. The molecule has 0 aromatic heterocycles. The van der Waals surface area contributed by atoms with Gasteiger partial charge in [-0.2, -0.15) is 5.26 Å². The van der Waals surface area contributed by atoms with Gasteiger partial charge in [-0.05, 0) is 24.6 Å². The zero-order valence-corrected chi connectivity index (χ0v) is 11.8. The molecule has 0 amide bonds. The van der Waals surface area contributed by atoms with Gasteiger partial charge in [-0.1, -0.05) is 6.92 Å². The van der Waals surface area contributed by atoms with Crippen LogP contribution in [0.3, 0.4) is 0 Å². The Balaban J connectivity index is 2.77. The summed E-state index contributed by atoms with van der Waals surface area (Å²) in [5.74, 6) is 0.638. The predicted molar refractivity (Wildman–Crippen MR) is 73.6 cm³/mol. The number of hydrogen-bond donors (Lipinski definition) is 0. The number of hydrogen-bond acceptors (Lipinski definition) is 5. The summed E-state index contributed by atoms with van der Waals surface area (Å²) in [4.78, 5) is 11.4. The number of benzene rings is 1. The smallest absolute Gasteiger partial charge is 0.333 e. The standard InChI is InChI=1S/C15H17NO4/c1-4-12(15(17)19-3)7-8-20-13-6-5-11(10-16)9-14(13)18-2/h5-7,9H,4,8H2,1-3H3. The summed E-state index contributed by atoms with van der Waals surface area (Å²) in [7, 11) is 2.85. The maximum absolute atomic E-state index is 11.4. The van der Waals surface area contributed by atoms with Crippen molar-refractivity contribution in [3.63, 3.8) is 0 Å². The molecule has 1 rings (SSSR count). The van der Waals surface area contributed by atoms with E-state index in [4.69, 9.17) is 14.7 Å². The molecule has 106 valence electrons. The lowest BCUT2D eigenvalue weighted by Crippen LogP contribution is -2.06. The maximum Gasteiger partial charge on any atom is 0.333 e. The molecule has 0 saturated heterocycles. The van der Waals surface area contributed by atoms with Crippen LogP contribution < -0.4 is 9.47 Å². The molecule has 0 spiro atoms. The van der Waals surface area contributed by atoms with Crippen molar-refractivity contribution in [3.8, 4) is 17.6 Å². The van der Waals surface area contributed by atoms with E-state index in [2.05, 4.69) is 4.74 Å². The van der Waals surface area contributed by atoms with Crippen molar-refractivity contribution in [3.05, 3.63) is 35.4 Å². The summed E-state index contributed by atoms with van der Waals surface area (Å²) in [6.07, 6.45) is 2.24. The van der Waals surface area contributed by atoms with Crippen molar-refractivity contribution in [1.82, 2.24) is 0 Å². The number of ether oxygens (including phenoxy) is 3. The zero-order chi connectivity index (χ0) is 15.0. The van der Waals surface area contributed by atoms with Crippen molar-refractivity contribution in [2.75, 3.05) is 20.8 Å². The fraction of sp³-hybridized carbons (Fsp3) is 0.333. The van der Waals surface area contributed by atoms with Crippen molar-refractivity contribution in [2.45, 2.75) is 13.3 Å². The second kappa shape index (κ2) is 7.85. The molecule has 0 N–H and O–H groups in total. The quantitative estimate of drug-likeness (QED) is 0.589. The topological polar surface area (TPSA) is 68.5 Å². The van der Waals surface area contributed by atoms with Crippen LogP contribution in [0.4, 0.5) is 0 Å². The number of methoxy groups -OCH3 is 2. The number of esters is 1. The van der Waals surface area contributed by atoms with Gasteiger partial charge in [0.15, 0.2) is 11.5 Å². The van der Waals surface area contributed by atoms with Gasteiger partial charge in [-0.3, -0.25) is 0 Å². The van der Waals surface area contributed by atoms with Crippen LogP contribution in [0.5, 0.6) is 11.5 Å².